The van der Waals surface area contributed by atoms with Crippen molar-refractivity contribution in [3.05, 3.63) is 18.3 Å². The first-order valence-corrected chi connectivity index (χ1v) is 6.86. The topological polar surface area (TPSA) is 37.4 Å². The van der Waals surface area contributed by atoms with Gasteiger partial charge in [0.25, 0.3) is 0 Å². The maximum Gasteiger partial charge on any atom is 0.171 e. The Morgan fingerprint density at radius 1 is 1.56 bits per heavy atom. The molecule has 1 N–H and O–H groups in total. The summed E-state index contributed by atoms with van der Waals surface area (Å²) in [6.07, 6.45) is 5.33. The number of hydrogen-bond acceptors (Lipinski definition) is 4. The Kier molecular flexibility index (Phi) is 4.81. The van der Waals surface area contributed by atoms with Crippen molar-refractivity contribution in [2.75, 3.05) is 31.6 Å². The fraction of sp³-hybridized carbons (Fsp3) is 0.643. The predicted molar refractivity (Wildman–Crippen MR) is 74.3 cm³/mol. The normalized spacial score (nSPS) is 19.2. The van der Waals surface area contributed by atoms with Gasteiger partial charge in [-0.3, -0.25) is 0 Å². The van der Waals surface area contributed by atoms with E-state index in [1.807, 2.05) is 25.4 Å². The summed E-state index contributed by atoms with van der Waals surface area (Å²) in [6, 6.07) is 4.50. The molecule has 100 valence electrons. The van der Waals surface area contributed by atoms with Crippen molar-refractivity contribution in [2.45, 2.75) is 32.2 Å². The SMILES string of the molecule is CCCOc1cccnc1N1CCCC1CNC. The minimum atomic E-state index is 0.536. The molecular formula is C14H23N3O. The predicted octanol–water partition coefficient (Wildman–Crippen LogP) is 2.06. The number of ether oxygens (including phenoxy) is 1. The molecule has 0 radical (unpaired) electrons. The molecule has 1 aliphatic heterocycles. The van der Waals surface area contributed by atoms with E-state index in [2.05, 4.69) is 22.1 Å². The van der Waals surface area contributed by atoms with Gasteiger partial charge >= 0.3 is 0 Å². The van der Waals surface area contributed by atoms with Crippen LogP contribution in [0.1, 0.15) is 26.2 Å². The number of anilines is 1. The van der Waals surface area contributed by atoms with Crippen LogP contribution in [0.3, 0.4) is 0 Å². The van der Waals surface area contributed by atoms with Gasteiger partial charge in [-0.15, -0.1) is 0 Å². The van der Waals surface area contributed by atoms with Crippen LogP contribution in [0.25, 0.3) is 0 Å². The van der Waals surface area contributed by atoms with Crippen molar-refractivity contribution >= 4 is 5.82 Å². The molecule has 1 saturated heterocycles. The number of nitrogens with one attached hydrogen (secondary N) is 1. The molecule has 1 aromatic rings. The number of pyridine rings is 1. The number of nitrogens with zero attached hydrogens (tertiary/aromatic N) is 2. The summed E-state index contributed by atoms with van der Waals surface area (Å²) >= 11 is 0. The van der Waals surface area contributed by atoms with Gasteiger partial charge in [-0.25, -0.2) is 4.98 Å². The highest BCUT2D eigenvalue weighted by molar-refractivity contribution is 5.53. The quantitative estimate of drug-likeness (QED) is 0.837. The molecule has 1 unspecified atom stereocenters. The summed E-state index contributed by atoms with van der Waals surface area (Å²) in [5.41, 5.74) is 0. The average Bonchev–Trinajstić information content (AvgIpc) is 2.85. The lowest BCUT2D eigenvalue weighted by Gasteiger charge is -2.27. The molecule has 1 aliphatic rings. The second-order valence-corrected chi connectivity index (χ2v) is 4.72. The van der Waals surface area contributed by atoms with E-state index >= 15 is 0 Å². The van der Waals surface area contributed by atoms with Crippen LogP contribution in [0.5, 0.6) is 5.75 Å². The number of likely N-dealkylation sites (N-methyl/N-ethyl adjacent to an activating group) is 1. The first kappa shape index (κ1) is 13.1. The molecule has 0 spiro atoms. The third-order valence-electron chi connectivity index (χ3n) is 3.30. The molecule has 1 fully saturated rings. The third-order valence-corrected chi connectivity index (χ3v) is 3.30. The van der Waals surface area contributed by atoms with Crippen molar-refractivity contribution in [3.8, 4) is 5.75 Å². The third kappa shape index (κ3) is 2.93. The second kappa shape index (κ2) is 6.59. The van der Waals surface area contributed by atoms with E-state index in [-0.39, 0.29) is 0 Å². The first-order chi connectivity index (χ1) is 8.86. The average molecular weight is 249 g/mol. The molecule has 1 atom stereocenters. The maximum absolute atomic E-state index is 5.80. The molecular weight excluding hydrogens is 226 g/mol. The monoisotopic (exact) mass is 249 g/mol. The maximum atomic E-state index is 5.80. The smallest absolute Gasteiger partial charge is 0.171 e. The van der Waals surface area contributed by atoms with Crippen LogP contribution < -0.4 is 15.0 Å². The number of rotatable bonds is 6. The Morgan fingerprint density at radius 2 is 2.44 bits per heavy atom. The van der Waals surface area contributed by atoms with Crippen LogP contribution >= 0.6 is 0 Å². The number of hydrogen-bond donors (Lipinski definition) is 1. The Morgan fingerprint density at radius 3 is 3.22 bits per heavy atom. The van der Waals surface area contributed by atoms with Gasteiger partial charge in [-0.05, 0) is 38.4 Å². The lowest BCUT2D eigenvalue weighted by atomic mass is 10.2. The van der Waals surface area contributed by atoms with E-state index in [0.717, 1.165) is 37.7 Å². The van der Waals surface area contributed by atoms with E-state index < -0.39 is 0 Å². The van der Waals surface area contributed by atoms with Gasteiger partial charge in [0, 0.05) is 25.3 Å². The van der Waals surface area contributed by atoms with E-state index in [4.69, 9.17) is 4.74 Å². The lowest BCUT2D eigenvalue weighted by molar-refractivity contribution is 0.316. The second-order valence-electron chi connectivity index (χ2n) is 4.72. The van der Waals surface area contributed by atoms with Gasteiger partial charge in [0.05, 0.1) is 6.61 Å². The van der Waals surface area contributed by atoms with Crippen molar-refractivity contribution in [1.82, 2.24) is 10.3 Å². The van der Waals surface area contributed by atoms with Gasteiger partial charge in [-0.1, -0.05) is 6.92 Å². The molecule has 4 heteroatoms. The largest absolute Gasteiger partial charge is 0.490 e. The summed E-state index contributed by atoms with van der Waals surface area (Å²) in [6.45, 7) is 4.95. The van der Waals surface area contributed by atoms with Crippen LogP contribution in [0, 0.1) is 0 Å². The highest BCUT2D eigenvalue weighted by Gasteiger charge is 2.27. The Hall–Kier alpha value is -1.29. The van der Waals surface area contributed by atoms with Crippen LogP contribution in [0.4, 0.5) is 5.82 Å². The Balaban J connectivity index is 2.15. The summed E-state index contributed by atoms with van der Waals surface area (Å²) in [5, 5.41) is 3.26. The minimum absolute atomic E-state index is 0.536. The van der Waals surface area contributed by atoms with Crippen LogP contribution in [-0.2, 0) is 0 Å². The van der Waals surface area contributed by atoms with Crippen molar-refractivity contribution in [3.63, 3.8) is 0 Å². The zero-order valence-corrected chi connectivity index (χ0v) is 11.4. The van der Waals surface area contributed by atoms with E-state index in [9.17, 15) is 0 Å². The zero-order valence-electron chi connectivity index (χ0n) is 11.4. The summed E-state index contributed by atoms with van der Waals surface area (Å²) in [4.78, 5) is 6.90. The van der Waals surface area contributed by atoms with Crippen molar-refractivity contribution < 1.29 is 4.74 Å². The Labute approximate surface area is 109 Å². The summed E-state index contributed by atoms with van der Waals surface area (Å²) in [7, 11) is 2.00. The molecule has 0 saturated carbocycles. The highest BCUT2D eigenvalue weighted by Crippen LogP contribution is 2.31. The van der Waals surface area contributed by atoms with Crippen LogP contribution in [-0.4, -0.2) is 37.8 Å². The van der Waals surface area contributed by atoms with E-state index in [0.29, 0.717) is 6.04 Å². The van der Waals surface area contributed by atoms with Crippen molar-refractivity contribution in [2.24, 2.45) is 0 Å². The summed E-state index contributed by atoms with van der Waals surface area (Å²) in [5.74, 6) is 1.92. The molecule has 18 heavy (non-hydrogen) atoms. The zero-order chi connectivity index (χ0) is 12.8. The van der Waals surface area contributed by atoms with Gasteiger partial charge in [-0.2, -0.15) is 0 Å². The number of aromatic nitrogens is 1. The van der Waals surface area contributed by atoms with Crippen molar-refractivity contribution in [1.29, 1.82) is 0 Å². The van der Waals surface area contributed by atoms with Crippen LogP contribution in [0.2, 0.25) is 0 Å². The van der Waals surface area contributed by atoms with E-state index in [1.54, 1.807) is 0 Å². The van der Waals surface area contributed by atoms with Gasteiger partial charge in [0.1, 0.15) is 0 Å². The molecule has 4 nitrogen and oxygen atoms in total. The highest BCUT2D eigenvalue weighted by atomic mass is 16.5. The molecule has 0 amide bonds. The van der Waals surface area contributed by atoms with Crippen LogP contribution in [0.15, 0.2) is 18.3 Å². The molecule has 2 rings (SSSR count). The molecule has 0 bridgehead atoms. The van der Waals surface area contributed by atoms with E-state index in [1.165, 1.54) is 12.8 Å². The standard InChI is InChI=1S/C14H23N3O/c1-3-10-18-13-7-4-8-16-14(13)17-9-5-6-12(17)11-15-2/h4,7-8,12,15H,3,5-6,9-11H2,1-2H3. The molecule has 0 aliphatic carbocycles. The Bertz CT molecular complexity index is 370. The van der Waals surface area contributed by atoms with Gasteiger partial charge in [0.2, 0.25) is 0 Å². The fourth-order valence-corrected chi connectivity index (χ4v) is 2.48. The molecule has 0 aromatic carbocycles. The molecule has 1 aromatic heterocycles. The van der Waals surface area contributed by atoms with Gasteiger partial charge < -0.3 is 15.0 Å². The first-order valence-electron chi connectivity index (χ1n) is 6.86. The lowest BCUT2D eigenvalue weighted by Crippen LogP contribution is -2.37. The molecule has 2 heterocycles. The minimum Gasteiger partial charge on any atom is -0.490 e. The fourth-order valence-electron chi connectivity index (χ4n) is 2.48. The summed E-state index contributed by atoms with van der Waals surface area (Å²) < 4.78 is 5.80. The van der Waals surface area contributed by atoms with Gasteiger partial charge in [0.15, 0.2) is 11.6 Å².